The van der Waals surface area contributed by atoms with Crippen LogP contribution in [0.4, 0.5) is 5.69 Å². The molecule has 0 heterocycles. The molecule has 1 aliphatic carbocycles. The van der Waals surface area contributed by atoms with Gasteiger partial charge >= 0.3 is 0 Å². The molecule has 1 saturated carbocycles. The van der Waals surface area contributed by atoms with Crippen LogP contribution in [0.3, 0.4) is 0 Å². The van der Waals surface area contributed by atoms with Crippen molar-refractivity contribution in [2.45, 2.75) is 36.6 Å². The molecule has 2 rings (SSSR count). The largest absolute Gasteiger partial charge is 0.366 e. The molecule has 0 bridgehead atoms. The lowest BCUT2D eigenvalue weighted by molar-refractivity contribution is 0.519. The molecule has 1 aliphatic rings. The second-order valence-electron chi connectivity index (χ2n) is 5.68. The Bertz CT molecular complexity index is 566. The maximum Gasteiger partial charge on any atom is 0.244 e. The quantitative estimate of drug-likeness (QED) is 0.867. The maximum atomic E-state index is 12.5. The van der Waals surface area contributed by atoms with Crippen LogP contribution in [0, 0.1) is 0 Å². The normalized spacial score (nSPS) is 16.6. The number of benzene rings is 1. The van der Waals surface area contributed by atoms with Crippen molar-refractivity contribution in [3.05, 3.63) is 24.3 Å². The lowest BCUT2D eigenvalue weighted by Crippen LogP contribution is -2.38. The van der Waals surface area contributed by atoms with Gasteiger partial charge in [0.1, 0.15) is 4.90 Å². The first-order valence-corrected chi connectivity index (χ1v) is 8.90. The first-order chi connectivity index (χ1) is 9.98. The molecule has 0 unspecified atom stereocenters. The molecule has 0 atom stereocenters. The average Bonchev–Trinajstić information content (AvgIpc) is 2.98. The molecule has 1 aromatic carbocycles. The van der Waals surface area contributed by atoms with Crippen molar-refractivity contribution in [3.63, 3.8) is 0 Å². The summed E-state index contributed by atoms with van der Waals surface area (Å²) in [7, 11) is -0.321. The summed E-state index contributed by atoms with van der Waals surface area (Å²) in [4.78, 5) is 2.55. The zero-order chi connectivity index (χ0) is 15.5. The Morgan fingerprint density at radius 1 is 1.19 bits per heavy atom. The molecule has 0 amide bonds. The van der Waals surface area contributed by atoms with Crippen LogP contribution in [0.25, 0.3) is 0 Å². The third-order valence-corrected chi connectivity index (χ3v) is 5.93. The van der Waals surface area contributed by atoms with Crippen LogP contribution in [-0.2, 0) is 10.0 Å². The number of sulfonamides is 1. The van der Waals surface area contributed by atoms with E-state index in [0.29, 0.717) is 24.0 Å². The molecule has 2 N–H and O–H groups in total. The van der Waals surface area contributed by atoms with Crippen LogP contribution < -0.4 is 10.6 Å². The Kier molecular flexibility index (Phi) is 5.24. The molecule has 0 spiro atoms. The fourth-order valence-electron chi connectivity index (χ4n) is 2.96. The van der Waals surface area contributed by atoms with E-state index in [1.54, 1.807) is 26.2 Å². The van der Waals surface area contributed by atoms with Gasteiger partial charge in [0.25, 0.3) is 0 Å². The highest BCUT2D eigenvalue weighted by atomic mass is 32.2. The minimum absolute atomic E-state index is 0.371. The molecule has 21 heavy (non-hydrogen) atoms. The van der Waals surface area contributed by atoms with Gasteiger partial charge in [0, 0.05) is 33.2 Å². The third-order valence-electron chi connectivity index (χ3n) is 4.07. The lowest BCUT2D eigenvalue weighted by Gasteiger charge is -2.32. The summed E-state index contributed by atoms with van der Waals surface area (Å²) in [5, 5.41) is 0. The van der Waals surface area contributed by atoms with Crippen molar-refractivity contribution in [3.8, 4) is 0 Å². The molecule has 0 radical (unpaired) electrons. The molecular weight excluding hydrogens is 286 g/mol. The monoisotopic (exact) mass is 311 g/mol. The van der Waals surface area contributed by atoms with Crippen molar-refractivity contribution < 1.29 is 8.42 Å². The molecule has 5 nitrogen and oxygen atoms in total. The Balaban J connectivity index is 2.46. The zero-order valence-corrected chi connectivity index (χ0v) is 13.6. The van der Waals surface area contributed by atoms with Crippen LogP contribution in [0.15, 0.2) is 29.2 Å². The first-order valence-electron chi connectivity index (χ1n) is 7.46. The first kappa shape index (κ1) is 16.3. The highest BCUT2D eigenvalue weighted by Crippen LogP contribution is 2.33. The van der Waals surface area contributed by atoms with Crippen LogP contribution in [0.5, 0.6) is 0 Å². The number of rotatable bonds is 6. The van der Waals surface area contributed by atoms with E-state index >= 15 is 0 Å². The van der Waals surface area contributed by atoms with E-state index in [1.165, 1.54) is 17.1 Å². The third kappa shape index (κ3) is 3.39. The van der Waals surface area contributed by atoms with Gasteiger partial charge in [0.05, 0.1) is 5.69 Å². The van der Waals surface area contributed by atoms with Gasteiger partial charge in [-0.05, 0) is 25.0 Å². The summed E-state index contributed by atoms with van der Waals surface area (Å²) in [6.45, 7) is 1.21. The van der Waals surface area contributed by atoms with Crippen LogP contribution in [-0.4, -0.2) is 45.9 Å². The number of hydrogen-bond donors (Lipinski definition) is 1. The van der Waals surface area contributed by atoms with Gasteiger partial charge in [-0.1, -0.05) is 25.0 Å². The van der Waals surface area contributed by atoms with E-state index in [1.807, 2.05) is 12.1 Å². The number of hydrogen-bond acceptors (Lipinski definition) is 4. The Morgan fingerprint density at radius 2 is 1.81 bits per heavy atom. The molecule has 1 fully saturated rings. The van der Waals surface area contributed by atoms with Crippen LogP contribution in [0.2, 0.25) is 0 Å². The number of nitrogens with two attached hydrogens (primary N) is 1. The standard InChI is InChI=1S/C15H25N3O2S/c1-17(2)21(19,20)15-10-6-5-9-14(15)18(12-11-16)13-7-3-4-8-13/h5-6,9-10,13H,3-4,7-8,11-12,16H2,1-2H3. The molecule has 0 saturated heterocycles. The van der Waals surface area contributed by atoms with Gasteiger partial charge in [0.2, 0.25) is 10.0 Å². The summed E-state index contributed by atoms with van der Waals surface area (Å²) < 4.78 is 26.4. The van der Waals surface area contributed by atoms with Gasteiger partial charge < -0.3 is 10.6 Å². The summed E-state index contributed by atoms with van der Waals surface area (Å²) >= 11 is 0. The minimum Gasteiger partial charge on any atom is -0.366 e. The summed E-state index contributed by atoms with van der Waals surface area (Å²) in [5.74, 6) is 0. The van der Waals surface area contributed by atoms with Gasteiger partial charge in [-0.2, -0.15) is 0 Å². The van der Waals surface area contributed by atoms with Crippen molar-refractivity contribution in [2.75, 3.05) is 32.1 Å². The van der Waals surface area contributed by atoms with E-state index in [0.717, 1.165) is 18.5 Å². The highest BCUT2D eigenvalue weighted by Gasteiger charge is 2.28. The summed E-state index contributed by atoms with van der Waals surface area (Å²) in [6, 6.07) is 7.64. The number of nitrogens with zero attached hydrogens (tertiary/aromatic N) is 2. The molecule has 118 valence electrons. The fourth-order valence-corrected chi connectivity index (χ4v) is 4.06. The summed E-state index contributed by atoms with van der Waals surface area (Å²) in [5.41, 5.74) is 6.53. The number of anilines is 1. The van der Waals surface area contributed by atoms with Crippen molar-refractivity contribution >= 4 is 15.7 Å². The number of para-hydroxylation sites is 1. The maximum absolute atomic E-state index is 12.5. The van der Waals surface area contributed by atoms with Crippen molar-refractivity contribution in [1.82, 2.24) is 4.31 Å². The molecular formula is C15H25N3O2S. The average molecular weight is 311 g/mol. The van der Waals surface area contributed by atoms with Crippen molar-refractivity contribution in [2.24, 2.45) is 5.73 Å². The molecule has 1 aromatic rings. The highest BCUT2D eigenvalue weighted by molar-refractivity contribution is 7.89. The molecule has 6 heteroatoms. The minimum atomic E-state index is -3.45. The van der Waals surface area contributed by atoms with E-state index in [9.17, 15) is 8.42 Å². The Labute approximate surface area is 127 Å². The van der Waals surface area contributed by atoms with Gasteiger partial charge in [-0.15, -0.1) is 0 Å². The predicted molar refractivity (Wildman–Crippen MR) is 86.0 cm³/mol. The Hall–Kier alpha value is -1.11. The van der Waals surface area contributed by atoms with E-state index in [2.05, 4.69) is 4.90 Å². The van der Waals surface area contributed by atoms with Crippen LogP contribution in [0.1, 0.15) is 25.7 Å². The van der Waals surface area contributed by atoms with Crippen molar-refractivity contribution in [1.29, 1.82) is 0 Å². The predicted octanol–water partition coefficient (Wildman–Crippen LogP) is 1.64. The topological polar surface area (TPSA) is 66.6 Å². The SMILES string of the molecule is CN(C)S(=O)(=O)c1ccccc1N(CCN)C1CCCC1. The molecule has 0 aromatic heterocycles. The van der Waals surface area contributed by atoms with Crippen LogP contribution >= 0.6 is 0 Å². The zero-order valence-electron chi connectivity index (χ0n) is 12.8. The lowest BCUT2D eigenvalue weighted by atomic mass is 10.1. The van der Waals surface area contributed by atoms with Gasteiger partial charge in [-0.25, -0.2) is 12.7 Å². The van der Waals surface area contributed by atoms with E-state index in [-0.39, 0.29) is 0 Å². The van der Waals surface area contributed by atoms with E-state index in [4.69, 9.17) is 5.73 Å². The second-order valence-corrected chi connectivity index (χ2v) is 7.80. The second kappa shape index (κ2) is 6.77. The fraction of sp³-hybridized carbons (Fsp3) is 0.600. The molecule has 0 aliphatic heterocycles. The Morgan fingerprint density at radius 3 is 2.38 bits per heavy atom. The smallest absolute Gasteiger partial charge is 0.244 e. The van der Waals surface area contributed by atoms with E-state index < -0.39 is 10.0 Å². The van der Waals surface area contributed by atoms with Gasteiger partial charge in [0.15, 0.2) is 0 Å². The van der Waals surface area contributed by atoms with Gasteiger partial charge in [-0.3, -0.25) is 0 Å². The summed E-state index contributed by atoms with van der Waals surface area (Å²) in [6.07, 6.45) is 4.62.